The number of hydrogen-bond donors (Lipinski definition) is 1. The summed E-state index contributed by atoms with van der Waals surface area (Å²) in [6, 6.07) is 19.2. The van der Waals surface area contributed by atoms with Crippen LogP contribution in [-0.2, 0) is 5.75 Å². The molecule has 0 atom stereocenters. The molecule has 0 aliphatic heterocycles. The number of thioether (sulfide) groups is 1. The van der Waals surface area contributed by atoms with Crippen LogP contribution < -0.4 is 10.1 Å². The minimum Gasteiger partial charge on any atom is -0.497 e. The Morgan fingerprint density at radius 2 is 2.00 bits per heavy atom. The van der Waals surface area contributed by atoms with Crippen molar-refractivity contribution in [3.63, 3.8) is 0 Å². The van der Waals surface area contributed by atoms with Crippen LogP contribution in [0.3, 0.4) is 0 Å². The molecule has 0 radical (unpaired) electrons. The number of anilines is 1. The standard InChI is InChI=1S/C19H17NO2S2/c1-22-15-7-4-6-14(12-15)20-19(21)17-9-2-3-10-18(17)24-13-16-8-5-11-23-16/h2-12H,13H2,1H3,(H,20,21). The van der Waals surface area contributed by atoms with E-state index in [1.807, 2.05) is 48.5 Å². The van der Waals surface area contributed by atoms with Gasteiger partial charge in [-0.25, -0.2) is 0 Å². The van der Waals surface area contributed by atoms with E-state index in [4.69, 9.17) is 4.74 Å². The molecule has 0 saturated carbocycles. The van der Waals surface area contributed by atoms with Crippen LogP contribution >= 0.6 is 23.1 Å². The van der Waals surface area contributed by atoms with E-state index in [-0.39, 0.29) is 5.91 Å². The van der Waals surface area contributed by atoms with Crippen LogP contribution in [0.5, 0.6) is 5.75 Å². The van der Waals surface area contributed by atoms with E-state index < -0.39 is 0 Å². The average molecular weight is 355 g/mol. The van der Waals surface area contributed by atoms with Crippen LogP contribution in [-0.4, -0.2) is 13.0 Å². The Morgan fingerprint density at radius 1 is 1.12 bits per heavy atom. The van der Waals surface area contributed by atoms with Crippen LogP contribution in [0.2, 0.25) is 0 Å². The van der Waals surface area contributed by atoms with Gasteiger partial charge in [-0.1, -0.05) is 24.3 Å². The van der Waals surface area contributed by atoms with E-state index in [1.165, 1.54) is 4.88 Å². The molecule has 0 bridgehead atoms. The summed E-state index contributed by atoms with van der Waals surface area (Å²) >= 11 is 3.40. The molecular formula is C19H17NO2S2. The van der Waals surface area contributed by atoms with E-state index >= 15 is 0 Å². The monoisotopic (exact) mass is 355 g/mol. The first-order valence-corrected chi connectivity index (χ1v) is 9.32. The largest absolute Gasteiger partial charge is 0.497 e. The third-order valence-corrected chi connectivity index (χ3v) is 5.59. The van der Waals surface area contributed by atoms with E-state index in [0.29, 0.717) is 11.3 Å². The lowest BCUT2D eigenvalue weighted by Crippen LogP contribution is -2.13. The lowest BCUT2D eigenvalue weighted by molar-refractivity contribution is 0.102. The molecule has 122 valence electrons. The second kappa shape index (κ2) is 8.04. The lowest BCUT2D eigenvalue weighted by Gasteiger charge is -2.10. The summed E-state index contributed by atoms with van der Waals surface area (Å²) in [4.78, 5) is 14.9. The maximum atomic E-state index is 12.6. The first-order chi connectivity index (χ1) is 11.8. The number of benzene rings is 2. The van der Waals surface area contributed by atoms with Gasteiger partial charge >= 0.3 is 0 Å². The van der Waals surface area contributed by atoms with Gasteiger partial charge in [-0.2, -0.15) is 0 Å². The molecule has 0 fully saturated rings. The van der Waals surface area contributed by atoms with Crippen molar-refractivity contribution in [1.82, 2.24) is 0 Å². The first-order valence-electron chi connectivity index (χ1n) is 7.46. The van der Waals surface area contributed by atoms with Gasteiger partial charge in [0.2, 0.25) is 0 Å². The number of carbonyl (C=O) groups excluding carboxylic acids is 1. The molecule has 0 saturated heterocycles. The van der Waals surface area contributed by atoms with Gasteiger partial charge in [0, 0.05) is 27.3 Å². The fourth-order valence-corrected chi connectivity index (χ4v) is 4.05. The van der Waals surface area contributed by atoms with Crippen molar-refractivity contribution >= 4 is 34.7 Å². The fraction of sp³-hybridized carbons (Fsp3) is 0.105. The Morgan fingerprint density at radius 3 is 2.79 bits per heavy atom. The molecule has 1 amide bonds. The van der Waals surface area contributed by atoms with Crippen molar-refractivity contribution in [1.29, 1.82) is 0 Å². The molecule has 0 spiro atoms. The van der Waals surface area contributed by atoms with E-state index in [1.54, 1.807) is 36.3 Å². The molecule has 24 heavy (non-hydrogen) atoms. The van der Waals surface area contributed by atoms with Gasteiger partial charge in [0.25, 0.3) is 5.91 Å². The highest BCUT2D eigenvalue weighted by Crippen LogP contribution is 2.28. The number of nitrogens with one attached hydrogen (secondary N) is 1. The topological polar surface area (TPSA) is 38.3 Å². The number of thiophene rings is 1. The normalized spacial score (nSPS) is 10.4. The van der Waals surface area contributed by atoms with Gasteiger partial charge in [0.1, 0.15) is 5.75 Å². The Bertz CT molecular complexity index is 816. The number of carbonyl (C=O) groups is 1. The third-order valence-electron chi connectivity index (χ3n) is 3.41. The van der Waals surface area contributed by atoms with Gasteiger partial charge in [-0.15, -0.1) is 23.1 Å². The molecule has 2 aromatic carbocycles. The van der Waals surface area contributed by atoms with E-state index in [9.17, 15) is 4.79 Å². The number of amides is 1. The van der Waals surface area contributed by atoms with Gasteiger partial charge < -0.3 is 10.1 Å². The van der Waals surface area contributed by atoms with Crippen LogP contribution in [0.4, 0.5) is 5.69 Å². The van der Waals surface area contributed by atoms with E-state index in [0.717, 1.165) is 16.3 Å². The summed E-state index contributed by atoms with van der Waals surface area (Å²) in [7, 11) is 1.61. The van der Waals surface area contributed by atoms with Crippen LogP contribution in [0.1, 0.15) is 15.2 Å². The van der Waals surface area contributed by atoms with E-state index in [2.05, 4.69) is 16.8 Å². The highest BCUT2D eigenvalue weighted by atomic mass is 32.2. The van der Waals surface area contributed by atoms with Crippen molar-refractivity contribution in [3.8, 4) is 5.75 Å². The van der Waals surface area contributed by atoms with Crippen LogP contribution in [0.25, 0.3) is 0 Å². The summed E-state index contributed by atoms with van der Waals surface area (Å²) in [6.07, 6.45) is 0. The van der Waals surface area contributed by atoms with Gasteiger partial charge in [0.05, 0.1) is 12.7 Å². The number of hydrogen-bond acceptors (Lipinski definition) is 4. The summed E-state index contributed by atoms with van der Waals surface area (Å²) < 4.78 is 5.19. The summed E-state index contributed by atoms with van der Waals surface area (Å²) in [6.45, 7) is 0. The molecule has 1 aromatic heterocycles. The Kier molecular flexibility index (Phi) is 5.56. The van der Waals surface area contributed by atoms with Crippen molar-refractivity contribution in [3.05, 3.63) is 76.5 Å². The quantitative estimate of drug-likeness (QED) is 0.610. The molecule has 5 heteroatoms. The number of ether oxygens (including phenoxy) is 1. The Balaban J connectivity index is 1.74. The average Bonchev–Trinajstić information content (AvgIpc) is 3.14. The molecular weight excluding hydrogens is 338 g/mol. The predicted octanol–water partition coefficient (Wildman–Crippen LogP) is 5.30. The zero-order chi connectivity index (χ0) is 16.8. The van der Waals surface area contributed by atoms with Crippen molar-refractivity contribution in [2.24, 2.45) is 0 Å². The first kappa shape index (κ1) is 16.6. The number of methoxy groups -OCH3 is 1. The molecule has 1 N–H and O–H groups in total. The predicted molar refractivity (Wildman–Crippen MR) is 101 cm³/mol. The minimum atomic E-state index is -0.113. The molecule has 0 unspecified atom stereocenters. The Hall–Kier alpha value is -2.24. The zero-order valence-corrected chi connectivity index (χ0v) is 14.8. The maximum absolute atomic E-state index is 12.6. The SMILES string of the molecule is COc1cccc(NC(=O)c2ccccc2SCc2cccs2)c1. The highest BCUT2D eigenvalue weighted by Gasteiger charge is 2.12. The van der Waals surface area contributed by atoms with Gasteiger partial charge in [-0.3, -0.25) is 4.79 Å². The van der Waals surface area contributed by atoms with Crippen molar-refractivity contribution < 1.29 is 9.53 Å². The van der Waals surface area contributed by atoms with Crippen LogP contribution in [0, 0.1) is 0 Å². The number of rotatable bonds is 6. The molecule has 3 nitrogen and oxygen atoms in total. The molecule has 1 heterocycles. The van der Waals surface area contributed by atoms with Crippen molar-refractivity contribution in [2.75, 3.05) is 12.4 Å². The van der Waals surface area contributed by atoms with Crippen LogP contribution in [0.15, 0.2) is 70.9 Å². The smallest absolute Gasteiger partial charge is 0.256 e. The second-order valence-electron chi connectivity index (χ2n) is 5.05. The summed E-state index contributed by atoms with van der Waals surface area (Å²) in [5, 5.41) is 5.00. The fourth-order valence-electron chi connectivity index (χ4n) is 2.22. The minimum absolute atomic E-state index is 0.113. The highest BCUT2D eigenvalue weighted by molar-refractivity contribution is 7.98. The summed E-state index contributed by atoms with van der Waals surface area (Å²) in [5.74, 6) is 1.46. The molecule has 3 aromatic rings. The van der Waals surface area contributed by atoms with Crippen molar-refractivity contribution in [2.45, 2.75) is 10.6 Å². The summed E-state index contributed by atoms with van der Waals surface area (Å²) in [5.41, 5.74) is 1.40. The Labute approximate surface area is 149 Å². The lowest BCUT2D eigenvalue weighted by atomic mass is 10.2. The third kappa shape index (κ3) is 4.19. The molecule has 0 aliphatic carbocycles. The maximum Gasteiger partial charge on any atom is 0.256 e. The molecule has 0 aliphatic rings. The van der Waals surface area contributed by atoms with Gasteiger partial charge in [-0.05, 0) is 35.7 Å². The zero-order valence-electron chi connectivity index (χ0n) is 13.2. The van der Waals surface area contributed by atoms with Gasteiger partial charge in [0.15, 0.2) is 0 Å². The molecule has 3 rings (SSSR count). The second-order valence-corrected chi connectivity index (χ2v) is 7.10.